The van der Waals surface area contributed by atoms with Crippen LogP contribution >= 0.6 is 0 Å². The van der Waals surface area contributed by atoms with Crippen molar-refractivity contribution in [2.45, 2.75) is 13.8 Å². The monoisotopic (exact) mass is 199 g/mol. The van der Waals surface area contributed by atoms with Crippen LogP contribution in [-0.4, -0.2) is 24.1 Å². The maximum Gasteiger partial charge on any atom is 0.337 e. The number of carbonyl (C=O) groups is 2. The minimum atomic E-state index is -0.547. The summed E-state index contributed by atoms with van der Waals surface area (Å²) in [7, 11) is 0. The highest BCUT2D eigenvalue weighted by atomic mass is 16.5. The molecule has 0 spiro atoms. The number of rotatable bonds is 5. The topological polar surface area (TPSA) is 75.6 Å². The van der Waals surface area contributed by atoms with Crippen LogP contribution in [0.25, 0.3) is 0 Å². The molecule has 0 aliphatic rings. The zero-order valence-electron chi connectivity index (χ0n) is 8.11. The smallest absolute Gasteiger partial charge is 0.337 e. The maximum absolute atomic E-state index is 11.2. The third-order valence-corrected chi connectivity index (χ3v) is 1.32. The van der Waals surface area contributed by atoms with E-state index in [-0.39, 0.29) is 12.2 Å². The molecule has 5 nitrogen and oxygen atoms in total. The van der Waals surface area contributed by atoms with Gasteiger partial charge in [-0.2, -0.15) is 0 Å². The van der Waals surface area contributed by atoms with Gasteiger partial charge in [-0.1, -0.05) is 6.08 Å². The summed E-state index contributed by atoms with van der Waals surface area (Å²) >= 11 is 0. The van der Waals surface area contributed by atoms with Gasteiger partial charge in [0.05, 0.1) is 12.2 Å². The average molecular weight is 199 g/mol. The van der Waals surface area contributed by atoms with Crippen molar-refractivity contribution >= 4 is 12.4 Å². The number of ether oxygens (including phenoxy) is 1. The molecule has 0 rings (SSSR count). The second-order valence-electron chi connectivity index (χ2n) is 2.26. The fourth-order valence-electron chi connectivity index (χ4n) is 0.724. The Bertz CT molecular complexity index is 268. The molecule has 0 aromatic rings. The molecule has 0 atom stereocenters. The second kappa shape index (κ2) is 6.71. The number of hydrogen-bond donors (Lipinski definition) is 2. The average Bonchev–Trinajstić information content (AvgIpc) is 2.15. The minimum absolute atomic E-state index is 0.179. The van der Waals surface area contributed by atoms with Gasteiger partial charge in [0.25, 0.3) is 0 Å². The highest BCUT2D eigenvalue weighted by Gasteiger charge is 2.07. The summed E-state index contributed by atoms with van der Waals surface area (Å²) in [6.45, 7) is 3.56. The number of allylic oxidation sites excluding steroid dienone is 1. The Kier molecular flexibility index (Phi) is 5.85. The van der Waals surface area contributed by atoms with Gasteiger partial charge in [-0.15, -0.1) is 0 Å². The van der Waals surface area contributed by atoms with Gasteiger partial charge in [-0.05, 0) is 13.8 Å². The molecule has 2 N–H and O–H groups in total. The number of aliphatic hydroxyl groups excluding tert-OH is 1. The van der Waals surface area contributed by atoms with Gasteiger partial charge >= 0.3 is 5.97 Å². The predicted octanol–water partition coefficient (Wildman–Crippen LogP) is 0.641. The third kappa shape index (κ3) is 4.30. The lowest BCUT2D eigenvalue weighted by atomic mass is 10.2. The molecule has 0 unspecified atom stereocenters. The van der Waals surface area contributed by atoms with E-state index in [0.29, 0.717) is 6.41 Å². The van der Waals surface area contributed by atoms with E-state index < -0.39 is 11.9 Å². The quantitative estimate of drug-likeness (QED) is 0.224. The number of carbonyl (C=O) groups excluding carboxylic acids is 2. The Hall–Kier alpha value is -1.78. The van der Waals surface area contributed by atoms with E-state index in [1.807, 2.05) is 5.32 Å². The van der Waals surface area contributed by atoms with Gasteiger partial charge in [0.1, 0.15) is 0 Å². The molecule has 5 heteroatoms. The van der Waals surface area contributed by atoms with E-state index >= 15 is 0 Å². The second-order valence-corrected chi connectivity index (χ2v) is 2.26. The molecule has 0 aliphatic carbocycles. The summed E-state index contributed by atoms with van der Waals surface area (Å²) in [5.74, 6) is -0.949. The van der Waals surface area contributed by atoms with Crippen LogP contribution < -0.4 is 5.32 Å². The molecular formula is C9H13NO4. The Morgan fingerprint density at radius 2 is 2.21 bits per heavy atom. The zero-order chi connectivity index (χ0) is 11.0. The van der Waals surface area contributed by atoms with Crippen molar-refractivity contribution in [3.05, 3.63) is 23.6 Å². The van der Waals surface area contributed by atoms with Crippen LogP contribution in [0.5, 0.6) is 0 Å². The molecule has 0 aromatic heterocycles. The van der Waals surface area contributed by atoms with E-state index in [2.05, 4.69) is 0 Å². The predicted molar refractivity (Wildman–Crippen MR) is 50.3 cm³/mol. The van der Waals surface area contributed by atoms with E-state index in [4.69, 9.17) is 9.84 Å². The van der Waals surface area contributed by atoms with E-state index in [1.165, 1.54) is 6.08 Å². The fraction of sp³-hybridized carbons (Fsp3) is 0.333. The molecule has 78 valence electrons. The van der Waals surface area contributed by atoms with E-state index in [0.717, 1.165) is 6.08 Å². The first-order valence-corrected chi connectivity index (χ1v) is 4.10. The normalized spacial score (nSPS) is 12.1. The molecule has 0 aliphatic heterocycles. The van der Waals surface area contributed by atoms with Gasteiger partial charge in [-0.3, -0.25) is 10.1 Å². The molecule has 0 bridgehead atoms. The van der Waals surface area contributed by atoms with Crippen molar-refractivity contribution in [2.75, 3.05) is 6.61 Å². The first kappa shape index (κ1) is 12.2. The summed E-state index contributed by atoms with van der Waals surface area (Å²) < 4.78 is 4.69. The molecule has 0 heterocycles. The van der Waals surface area contributed by atoms with Crippen molar-refractivity contribution in [1.29, 1.82) is 0 Å². The SMILES string of the molecule is C/C=C(\C=C(\O)NC=O)C(=O)OCC. The van der Waals surface area contributed by atoms with Crippen molar-refractivity contribution in [1.82, 2.24) is 5.32 Å². The van der Waals surface area contributed by atoms with Crippen molar-refractivity contribution in [3.8, 4) is 0 Å². The number of esters is 1. The zero-order valence-corrected chi connectivity index (χ0v) is 8.11. The van der Waals surface area contributed by atoms with Crippen molar-refractivity contribution < 1.29 is 19.4 Å². The summed E-state index contributed by atoms with van der Waals surface area (Å²) in [6.07, 6.45) is 2.90. The number of nitrogens with one attached hydrogen (secondary N) is 1. The largest absolute Gasteiger partial charge is 0.495 e. The van der Waals surface area contributed by atoms with Gasteiger partial charge in [0.2, 0.25) is 6.41 Å². The highest BCUT2D eigenvalue weighted by molar-refractivity contribution is 5.91. The van der Waals surface area contributed by atoms with Crippen molar-refractivity contribution in [3.63, 3.8) is 0 Å². The molecule has 0 saturated carbocycles. The Morgan fingerprint density at radius 3 is 2.64 bits per heavy atom. The molecule has 1 amide bonds. The lowest BCUT2D eigenvalue weighted by Crippen LogP contribution is -2.12. The molecule has 0 saturated heterocycles. The summed E-state index contributed by atoms with van der Waals surface area (Å²) in [6, 6.07) is 0. The van der Waals surface area contributed by atoms with E-state index in [1.54, 1.807) is 13.8 Å². The van der Waals surface area contributed by atoms with Gasteiger partial charge in [0.15, 0.2) is 5.88 Å². The first-order valence-electron chi connectivity index (χ1n) is 4.10. The summed E-state index contributed by atoms with van der Waals surface area (Å²) in [5, 5.41) is 11.0. The summed E-state index contributed by atoms with van der Waals surface area (Å²) in [4.78, 5) is 21.1. The van der Waals surface area contributed by atoms with Crippen LogP contribution in [0, 0.1) is 0 Å². The minimum Gasteiger partial charge on any atom is -0.495 e. The maximum atomic E-state index is 11.2. The third-order valence-electron chi connectivity index (χ3n) is 1.32. The van der Waals surface area contributed by atoms with Crippen LogP contribution in [-0.2, 0) is 14.3 Å². The van der Waals surface area contributed by atoms with Crippen molar-refractivity contribution in [2.24, 2.45) is 0 Å². The standard InChI is InChI=1S/C9H13NO4/c1-3-7(9(13)14-4-2)5-8(12)10-6-11/h3,5-6,12H,4H2,1-2H3,(H,10,11)/b7-3+,8-5+. The highest BCUT2D eigenvalue weighted by Crippen LogP contribution is 2.01. The van der Waals surface area contributed by atoms with Gasteiger partial charge in [0, 0.05) is 6.08 Å². The van der Waals surface area contributed by atoms with Crippen LogP contribution in [0.15, 0.2) is 23.6 Å². The lowest BCUT2D eigenvalue weighted by molar-refractivity contribution is -0.138. The van der Waals surface area contributed by atoms with Gasteiger partial charge < -0.3 is 9.84 Å². The Labute approximate surface area is 82.1 Å². The molecule has 0 fully saturated rings. The van der Waals surface area contributed by atoms with Crippen LogP contribution in [0.3, 0.4) is 0 Å². The molecule has 14 heavy (non-hydrogen) atoms. The van der Waals surface area contributed by atoms with Crippen LogP contribution in [0.4, 0.5) is 0 Å². The Morgan fingerprint density at radius 1 is 1.57 bits per heavy atom. The van der Waals surface area contributed by atoms with Crippen LogP contribution in [0.2, 0.25) is 0 Å². The summed E-state index contributed by atoms with van der Waals surface area (Å²) in [5.41, 5.74) is 0.179. The number of amides is 1. The van der Waals surface area contributed by atoms with E-state index in [9.17, 15) is 9.59 Å². The number of hydrogen-bond acceptors (Lipinski definition) is 4. The first-order chi connectivity index (χ1) is 6.65. The molecular weight excluding hydrogens is 186 g/mol. The lowest BCUT2D eigenvalue weighted by Gasteiger charge is -2.02. The Balaban J connectivity index is 4.51. The number of aliphatic hydroxyl groups is 1. The van der Waals surface area contributed by atoms with Crippen LogP contribution in [0.1, 0.15) is 13.8 Å². The fourth-order valence-corrected chi connectivity index (χ4v) is 0.724. The molecule has 0 aromatic carbocycles. The van der Waals surface area contributed by atoms with Gasteiger partial charge in [-0.25, -0.2) is 4.79 Å². The molecule has 0 radical (unpaired) electrons.